The normalized spacial score (nSPS) is 22.1. The lowest BCUT2D eigenvalue weighted by Crippen LogP contribution is -2.07. The van der Waals surface area contributed by atoms with Gasteiger partial charge >= 0.3 is 0 Å². The van der Waals surface area contributed by atoms with Gasteiger partial charge in [-0.3, -0.25) is 0 Å². The van der Waals surface area contributed by atoms with E-state index in [1.54, 1.807) is 0 Å². The number of hydrogen-bond acceptors (Lipinski definition) is 1. The van der Waals surface area contributed by atoms with E-state index in [2.05, 4.69) is 11.9 Å². The first-order valence-electron chi connectivity index (χ1n) is 6.50. The predicted octanol–water partition coefficient (Wildman–Crippen LogP) is 3.75. The van der Waals surface area contributed by atoms with E-state index in [1.165, 1.54) is 6.07 Å². The third kappa shape index (κ3) is 2.34. The average Bonchev–Trinajstić information content (AvgIpc) is 2.93. The lowest BCUT2D eigenvalue weighted by molar-refractivity contribution is 0.578. The molecule has 3 rings (SSSR count). The first kappa shape index (κ1) is 12.9. The van der Waals surface area contributed by atoms with Crippen LogP contribution in [0.5, 0.6) is 0 Å². The monoisotopic (exact) mass is 284 g/mol. The summed E-state index contributed by atoms with van der Waals surface area (Å²) >= 11 is 5.77. The van der Waals surface area contributed by atoms with Crippen LogP contribution in [-0.4, -0.2) is 15.4 Å². The Bertz CT molecular complexity index is 623. The minimum Gasteiger partial charge on any atom is -0.327 e. The van der Waals surface area contributed by atoms with E-state index in [4.69, 9.17) is 11.6 Å². The molecule has 0 saturated heterocycles. The molecule has 2 aromatic rings. The van der Waals surface area contributed by atoms with Crippen LogP contribution >= 0.6 is 11.6 Å². The number of aromatic nitrogens is 2. The minimum atomic E-state index is -0.603. The van der Waals surface area contributed by atoms with Crippen LogP contribution < -0.4 is 0 Å². The fourth-order valence-electron chi connectivity index (χ4n) is 2.56. The van der Waals surface area contributed by atoms with Crippen molar-refractivity contribution in [1.29, 1.82) is 0 Å². The first-order chi connectivity index (χ1) is 9.10. The first-order valence-corrected chi connectivity index (χ1v) is 7.03. The van der Waals surface area contributed by atoms with E-state index in [0.717, 1.165) is 24.9 Å². The van der Waals surface area contributed by atoms with Gasteiger partial charge in [-0.25, -0.2) is 13.8 Å². The van der Waals surface area contributed by atoms with Crippen LogP contribution in [0.1, 0.15) is 19.2 Å². The van der Waals surface area contributed by atoms with Crippen molar-refractivity contribution >= 4 is 22.6 Å². The molecule has 1 fully saturated rings. The molecule has 0 N–H and O–H groups in total. The van der Waals surface area contributed by atoms with Gasteiger partial charge < -0.3 is 4.57 Å². The second-order valence-electron chi connectivity index (χ2n) is 5.31. The summed E-state index contributed by atoms with van der Waals surface area (Å²) in [6.45, 7) is 2.96. The summed E-state index contributed by atoms with van der Waals surface area (Å²) in [4.78, 5) is 4.29. The zero-order chi connectivity index (χ0) is 13.6. The number of alkyl halides is 1. The molecule has 0 bridgehead atoms. The quantitative estimate of drug-likeness (QED) is 0.782. The molecule has 1 aliphatic carbocycles. The number of halogens is 3. The summed E-state index contributed by atoms with van der Waals surface area (Å²) in [7, 11) is 0. The van der Waals surface area contributed by atoms with Crippen LogP contribution in [0.4, 0.5) is 8.78 Å². The van der Waals surface area contributed by atoms with Crippen molar-refractivity contribution in [2.75, 3.05) is 5.88 Å². The zero-order valence-electron chi connectivity index (χ0n) is 10.7. The third-order valence-electron chi connectivity index (χ3n) is 3.86. The molecule has 0 radical (unpaired) electrons. The Labute approximate surface area is 115 Å². The molecule has 1 aliphatic rings. The molecular formula is C14H15ClF2N2. The lowest BCUT2D eigenvalue weighted by Gasteiger charge is -2.07. The van der Waals surface area contributed by atoms with Gasteiger partial charge in [0.15, 0.2) is 5.82 Å². The van der Waals surface area contributed by atoms with Gasteiger partial charge in [0.2, 0.25) is 0 Å². The SMILES string of the molecule is CC1CC1Cn1c(CCCl)nc2c(F)cc(F)cc21. The highest BCUT2D eigenvalue weighted by atomic mass is 35.5. The maximum absolute atomic E-state index is 13.8. The predicted molar refractivity (Wildman–Crippen MR) is 71.3 cm³/mol. The van der Waals surface area contributed by atoms with Gasteiger partial charge in [0.1, 0.15) is 17.2 Å². The Morgan fingerprint density at radius 2 is 2.16 bits per heavy atom. The summed E-state index contributed by atoms with van der Waals surface area (Å²) in [6.07, 6.45) is 1.73. The number of imidazole rings is 1. The largest absolute Gasteiger partial charge is 0.327 e. The van der Waals surface area contributed by atoms with Gasteiger partial charge in [0.05, 0.1) is 5.52 Å². The molecule has 2 nitrogen and oxygen atoms in total. The maximum atomic E-state index is 13.8. The van der Waals surface area contributed by atoms with Crippen LogP contribution in [0.3, 0.4) is 0 Å². The Balaban J connectivity index is 2.11. The molecule has 2 unspecified atom stereocenters. The van der Waals surface area contributed by atoms with Crippen LogP contribution in [0, 0.1) is 23.5 Å². The van der Waals surface area contributed by atoms with Crippen LogP contribution in [0.15, 0.2) is 12.1 Å². The summed E-state index contributed by atoms with van der Waals surface area (Å²) in [5, 5.41) is 0. The molecule has 19 heavy (non-hydrogen) atoms. The van der Waals surface area contributed by atoms with Crippen LogP contribution in [-0.2, 0) is 13.0 Å². The number of benzene rings is 1. The average molecular weight is 285 g/mol. The van der Waals surface area contributed by atoms with E-state index in [0.29, 0.717) is 29.7 Å². The van der Waals surface area contributed by atoms with Crippen molar-refractivity contribution in [1.82, 2.24) is 9.55 Å². The standard InChI is InChI=1S/C14H15ClF2N2/c1-8-4-9(8)7-19-12-6-10(16)5-11(17)14(12)18-13(19)2-3-15/h5-6,8-9H,2-4,7H2,1H3. The van der Waals surface area contributed by atoms with E-state index in [-0.39, 0.29) is 5.52 Å². The van der Waals surface area contributed by atoms with Crippen molar-refractivity contribution in [3.63, 3.8) is 0 Å². The molecule has 2 atom stereocenters. The second kappa shape index (κ2) is 4.75. The molecule has 0 amide bonds. The van der Waals surface area contributed by atoms with E-state index >= 15 is 0 Å². The molecule has 5 heteroatoms. The van der Waals surface area contributed by atoms with E-state index in [9.17, 15) is 8.78 Å². The second-order valence-corrected chi connectivity index (χ2v) is 5.68. The molecule has 1 aromatic carbocycles. The molecule has 1 saturated carbocycles. The van der Waals surface area contributed by atoms with Crippen molar-refractivity contribution in [3.8, 4) is 0 Å². The summed E-state index contributed by atoms with van der Waals surface area (Å²) in [6, 6.07) is 2.24. The Morgan fingerprint density at radius 3 is 2.79 bits per heavy atom. The smallest absolute Gasteiger partial charge is 0.153 e. The minimum absolute atomic E-state index is 0.245. The summed E-state index contributed by atoms with van der Waals surface area (Å²) in [5.41, 5.74) is 0.784. The Kier molecular flexibility index (Phi) is 3.21. The van der Waals surface area contributed by atoms with Gasteiger partial charge in [-0.2, -0.15) is 0 Å². The van der Waals surface area contributed by atoms with E-state index in [1.807, 2.05) is 4.57 Å². The maximum Gasteiger partial charge on any atom is 0.153 e. The molecular weight excluding hydrogens is 270 g/mol. The van der Waals surface area contributed by atoms with Gasteiger partial charge in [-0.15, -0.1) is 11.6 Å². The fraction of sp³-hybridized carbons (Fsp3) is 0.500. The lowest BCUT2D eigenvalue weighted by atomic mass is 10.2. The van der Waals surface area contributed by atoms with E-state index < -0.39 is 11.6 Å². The van der Waals surface area contributed by atoms with Gasteiger partial charge in [0.25, 0.3) is 0 Å². The molecule has 0 spiro atoms. The number of aryl methyl sites for hydroxylation is 1. The van der Waals surface area contributed by atoms with Crippen LogP contribution in [0.2, 0.25) is 0 Å². The molecule has 1 aromatic heterocycles. The molecule has 0 aliphatic heterocycles. The fourth-order valence-corrected chi connectivity index (χ4v) is 2.73. The highest BCUT2D eigenvalue weighted by Gasteiger charge is 2.33. The highest BCUT2D eigenvalue weighted by molar-refractivity contribution is 6.17. The number of hydrogen-bond donors (Lipinski definition) is 0. The molecule has 1 heterocycles. The van der Waals surface area contributed by atoms with Crippen LogP contribution in [0.25, 0.3) is 11.0 Å². The number of nitrogens with zero attached hydrogens (tertiary/aromatic N) is 2. The Hall–Kier alpha value is -1.16. The van der Waals surface area contributed by atoms with Gasteiger partial charge in [-0.05, 0) is 24.3 Å². The number of fused-ring (bicyclic) bond motifs is 1. The third-order valence-corrected chi connectivity index (χ3v) is 4.05. The molecule has 102 valence electrons. The van der Waals surface area contributed by atoms with Crippen molar-refractivity contribution in [3.05, 3.63) is 29.6 Å². The summed E-state index contributed by atoms with van der Waals surface area (Å²) < 4.78 is 29.1. The Morgan fingerprint density at radius 1 is 1.42 bits per heavy atom. The van der Waals surface area contributed by atoms with Crippen molar-refractivity contribution in [2.24, 2.45) is 11.8 Å². The van der Waals surface area contributed by atoms with Gasteiger partial charge in [0, 0.05) is 24.9 Å². The zero-order valence-corrected chi connectivity index (χ0v) is 11.4. The number of rotatable bonds is 4. The summed E-state index contributed by atoms with van der Waals surface area (Å²) in [5.74, 6) is 1.26. The van der Waals surface area contributed by atoms with Crippen molar-refractivity contribution < 1.29 is 8.78 Å². The highest BCUT2D eigenvalue weighted by Crippen LogP contribution is 2.40. The topological polar surface area (TPSA) is 17.8 Å². The van der Waals surface area contributed by atoms with Gasteiger partial charge in [-0.1, -0.05) is 6.92 Å². The van der Waals surface area contributed by atoms with Crippen molar-refractivity contribution in [2.45, 2.75) is 26.3 Å².